The van der Waals surface area contributed by atoms with Gasteiger partial charge in [0, 0.05) is 25.1 Å². The van der Waals surface area contributed by atoms with Gasteiger partial charge in [-0.3, -0.25) is 4.79 Å². The first-order valence-corrected chi connectivity index (χ1v) is 10.8. The maximum Gasteiger partial charge on any atom is 0.257 e. The highest BCUT2D eigenvalue weighted by molar-refractivity contribution is 6.39. The zero-order valence-corrected chi connectivity index (χ0v) is 18.3. The number of imidazole rings is 1. The highest BCUT2D eigenvalue weighted by Crippen LogP contribution is 2.43. The number of likely N-dealkylation sites (tertiary alicyclic amines) is 1. The van der Waals surface area contributed by atoms with E-state index in [1.807, 2.05) is 24.8 Å². The summed E-state index contributed by atoms with van der Waals surface area (Å²) in [6.45, 7) is 5.63. The molecule has 0 bridgehead atoms. The van der Waals surface area contributed by atoms with Gasteiger partial charge in [-0.15, -0.1) is 0 Å². The monoisotopic (exact) mass is 444 g/mol. The Labute approximate surface area is 184 Å². The molecule has 2 N–H and O–H groups in total. The fourth-order valence-electron chi connectivity index (χ4n) is 4.26. The molecule has 1 amide bonds. The maximum atomic E-state index is 13.2. The summed E-state index contributed by atoms with van der Waals surface area (Å²) in [6.07, 6.45) is 2.76. The molecule has 1 fully saturated rings. The number of nitrogens with one attached hydrogen (secondary N) is 2. The minimum absolute atomic E-state index is 0.0154. The molecule has 1 aromatic heterocycles. The molecule has 3 heterocycles. The molecule has 0 aliphatic carbocycles. The molecule has 3 aromatic rings. The van der Waals surface area contributed by atoms with Crippen molar-refractivity contribution in [1.82, 2.24) is 14.9 Å². The van der Waals surface area contributed by atoms with Crippen LogP contribution in [0.15, 0.2) is 24.3 Å². The van der Waals surface area contributed by atoms with Crippen LogP contribution in [0.5, 0.6) is 5.75 Å². The Balaban J connectivity index is 1.61. The summed E-state index contributed by atoms with van der Waals surface area (Å²) >= 11 is 12.6. The lowest BCUT2D eigenvalue weighted by atomic mass is 9.98. The summed E-state index contributed by atoms with van der Waals surface area (Å²) in [5.41, 5.74) is 3.31. The van der Waals surface area contributed by atoms with Gasteiger partial charge in [0.25, 0.3) is 5.91 Å². The predicted octanol–water partition coefficient (Wildman–Crippen LogP) is 5.56. The Morgan fingerprint density at radius 3 is 2.63 bits per heavy atom. The lowest BCUT2D eigenvalue weighted by Gasteiger charge is -2.20. The molecule has 1 saturated heterocycles. The van der Waals surface area contributed by atoms with Crippen LogP contribution in [0.1, 0.15) is 42.6 Å². The van der Waals surface area contributed by atoms with Crippen LogP contribution in [-0.4, -0.2) is 39.5 Å². The molecule has 8 heteroatoms. The number of benzene rings is 2. The van der Waals surface area contributed by atoms with Crippen LogP contribution >= 0.6 is 23.2 Å². The van der Waals surface area contributed by atoms with Crippen LogP contribution in [0.4, 0.5) is 11.6 Å². The summed E-state index contributed by atoms with van der Waals surface area (Å²) in [5.74, 6) is 1.18. The third-order valence-electron chi connectivity index (χ3n) is 5.64. The van der Waals surface area contributed by atoms with Crippen molar-refractivity contribution in [3.05, 3.63) is 45.4 Å². The largest absolute Gasteiger partial charge is 0.486 e. The summed E-state index contributed by atoms with van der Waals surface area (Å²) < 4.78 is 6.22. The number of H-pyrrole nitrogens is 1. The SMILES string of the molecule is CC1(C)Cc2c(c(C(=O)N3CCCC3)cc3[nH]c(Nc4c(Cl)cccc4Cl)nc23)O1. The second-order valence-electron chi connectivity index (χ2n) is 8.47. The van der Waals surface area contributed by atoms with Gasteiger partial charge in [0.1, 0.15) is 11.4 Å². The lowest BCUT2D eigenvalue weighted by molar-refractivity contribution is 0.0781. The van der Waals surface area contributed by atoms with E-state index in [1.165, 1.54) is 0 Å². The number of halogens is 2. The highest BCUT2D eigenvalue weighted by atomic mass is 35.5. The summed E-state index contributed by atoms with van der Waals surface area (Å²) in [7, 11) is 0. The third-order valence-corrected chi connectivity index (χ3v) is 6.27. The number of carbonyl (C=O) groups is 1. The van der Waals surface area contributed by atoms with E-state index in [4.69, 9.17) is 32.9 Å². The Kier molecular flexibility index (Phi) is 4.60. The van der Waals surface area contributed by atoms with Crippen molar-refractivity contribution in [1.29, 1.82) is 0 Å². The number of fused-ring (bicyclic) bond motifs is 3. The number of amides is 1. The van der Waals surface area contributed by atoms with E-state index in [9.17, 15) is 4.79 Å². The third kappa shape index (κ3) is 3.28. The minimum Gasteiger partial charge on any atom is -0.486 e. The van der Waals surface area contributed by atoms with Gasteiger partial charge in [-0.05, 0) is 44.9 Å². The molecule has 0 saturated carbocycles. The zero-order valence-electron chi connectivity index (χ0n) is 16.8. The van der Waals surface area contributed by atoms with Gasteiger partial charge < -0.3 is 19.9 Å². The molecule has 2 aromatic carbocycles. The molecule has 2 aliphatic rings. The van der Waals surface area contributed by atoms with Gasteiger partial charge in [0.15, 0.2) is 0 Å². The number of hydrogen-bond acceptors (Lipinski definition) is 4. The molecule has 0 radical (unpaired) electrons. The quantitative estimate of drug-likeness (QED) is 0.554. The normalized spacial score (nSPS) is 17.3. The molecular weight excluding hydrogens is 423 g/mol. The first-order chi connectivity index (χ1) is 14.3. The molecule has 0 atom stereocenters. The van der Waals surface area contributed by atoms with E-state index in [2.05, 4.69) is 10.3 Å². The van der Waals surface area contributed by atoms with E-state index in [0.29, 0.717) is 39.4 Å². The molecule has 0 spiro atoms. The number of aromatic amines is 1. The fourth-order valence-corrected chi connectivity index (χ4v) is 4.76. The highest BCUT2D eigenvalue weighted by Gasteiger charge is 2.37. The van der Waals surface area contributed by atoms with Crippen LogP contribution < -0.4 is 10.1 Å². The Morgan fingerprint density at radius 2 is 1.93 bits per heavy atom. The molecular formula is C22H22Cl2N4O2. The number of carbonyl (C=O) groups excluding carboxylic acids is 1. The average molecular weight is 445 g/mol. The van der Waals surface area contributed by atoms with Crippen LogP contribution in [0.2, 0.25) is 10.0 Å². The molecule has 2 aliphatic heterocycles. The number of ether oxygens (including phenoxy) is 1. The topological polar surface area (TPSA) is 70.2 Å². The van der Waals surface area contributed by atoms with Crippen LogP contribution in [0.25, 0.3) is 11.0 Å². The first kappa shape index (κ1) is 19.5. The van der Waals surface area contributed by atoms with Crippen molar-refractivity contribution in [2.75, 3.05) is 18.4 Å². The predicted molar refractivity (Wildman–Crippen MR) is 119 cm³/mol. The number of rotatable bonds is 3. The Hall–Kier alpha value is -2.44. The number of hydrogen-bond donors (Lipinski definition) is 2. The Morgan fingerprint density at radius 1 is 1.23 bits per heavy atom. The molecule has 0 unspecified atom stereocenters. The van der Waals surface area contributed by atoms with Crippen molar-refractivity contribution in [3.63, 3.8) is 0 Å². The van der Waals surface area contributed by atoms with Crippen molar-refractivity contribution in [3.8, 4) is 5.75 Å². The first-order valence-electron chi connectivity index (χ1n) is 10.1. The van der Waals surface area contributed by atoms with Gasteiger partial charge >= 0.3 is 0 Å². The van der Waals surface area contributed by atoms with E-state index in [-0.39, 0.29) is 5.91 Å². The van der Waals surface area contributed by atoms with E-state index < -0.39 is 5.60 Å². The van der Waals surface area contributed by atoms with Crippen LogP contribution in [0.3, 0.4) is 0 Å². The van der Waals surface area contributed by atoms with Crippen molar-refractivity contribution in [2.45, 2.75) is 38.7 Å². The summed E-state index contributed by atoms with van der Waals surface area (Å²) in [4.78, 5) is 23.1. The molecule has 30 heavy (non-hydrogen) atoms. The van der Waals surface area contributed by atoms with E-state index >= 15 is 0 Å². The van der Waals surface area contributed by atoms with Gasteiger partial charge in [0.05, 0.1) is 32.3 Å². The number of aromatic nitrogens is 2. The van der Waals surface area contributed by atoms with Gasteiger partial charge in [0.2, 0.25) is 5.95 Å². The van der Waals surface area contributed by atoms with E-state index in [0.717, 1.165) is 42.5 Å². The summed E-state index contributed by atoms with van der Waals surface area (Å²) in [5, 5.41) is 4.18. The van der Waals surface area contributed by atoms with Crippen LogP contribution in [-0.2, 0) is 6.42 Å². The average Bonchev–Trinajstić information content (AvgIpc) is 3.41. The Bertz CT molecular complexity index is 1150. The molecule has 6 nitrogen and oxygen atoms in total. The van der Waals surface area contributed by atoms with Gasteiger partial charge in [-0.25, -0.2) is 4.98 Å². The second kappa shape index (κ2) is 7.06. The zero-order chi connectivity index (χ0) is 21.0. The lowest BCUT2D eigenvalue weighted by Crippen LogP contribution is -2.29. The fraction of sp³-hybridized carbons (Fsp3) is 0.364. The minimum atomic E-state index is -0.394. The van der Waals surface area contributed by atoms with Crippen molar-refractivity contribution >= 4 is 51.8 Å². The van der Waals surface area contributed by atoms with Crippen molar-refractivity contribution < 1.29 is 9.53 Å². The summed E-state index contributed by atoms with van der Waals surface area (Å²) in [6, 6.07) is 7.16. The van der Waals surface area contributed by atoms with E-state index in [1.54, 1.807) is 18.2 Å². The van der Waals surface area contributed by atoms with Gasteiger partial charge in [-0.1, -0.05) is 29.3 Å². The van der Waals surface area contributed by atoms with Gasteiger partial charge in [-0.2, -0.15) is 0 Å². The second-order valence-corrected chi connectivity index (χ2v) is 9.29. The number of para-hydroxylation sites is 1. The number of anilines is 2. The maximum absolute atomic E-state index is 13.2. The van der Waals surface area contributed by atoms with Crippen molar-refractivity contribution in [2.24, 2.45) is 0 Å². The smallest absolute Gasteiger partial charge is 0.257 e. The molecule has 156 valence electrons. The standard InChI is InChI=1S/C22H22Cl2N4O2/c1-22(2)11-13-17-16(10-12(19(13)30-22)20(29)28-8-3-4-9-28)25-21(26-17)27-18-14(23)6-5-7-15(18)24/h5-7,10H,3-4,8-9,11H2,1-2H3,(H2,25,26,27). The number of nitrogens with zero attached hydrogens (tertiary/aromatic N) is 2. The van der Waals surface area contributed by atoms with Crippen LogP contribution in [0, 0.1) is 0 Å². The molecule has 5 rings (SSSR count).